The molecule has 0 radical (unpaired) electrons. The van der Waals surface area contributed by atoms with Crippen molar-refractivity contribution in [1.82, 2.24) is 5.32 Å². The van der Waals surface area contributed by atoms with Gasteiger partial charge in [0, 0.05) is 6.54 Å². The minimum absolute atomic E-state index is 0.116. The Morgan fingerprint density at radius 3 is 2.16 bits per heavy atom. The third-order valence-electron chi connectivity index (χ3n) is 5.44. The Balaban J connectivity index is 1.85. The Hall–Kier alpha value is -3.12. The van der Waals surface area contributed by atoms with E-state index in [4.69, 9.17) is 0 Å². The molecule has 0 aromatic heterocycles. The number of aryl methyl sites for hydroxylation is 1. The van der Waals surface area contributed by atoms with Gasteiger partial charge in [0.25, 0.3) is 10.0 Å². The molecule has 0 aliphatic rings. The molecule has 0 unspecified atom stereocenters. The Labute approximate surface area is 184 Å². The molecule has 0 aliphatic carbocycles. The lowest BCUT2D eigenvalue weighted by molar-refractivity contribution is -0.119. The van der Waals surface area contributed by atoms with Crippen LogP contribution in [0.15, 0.2) is 83.8 Å². The van der Waals surface area contributed by atoms with E-state index in [9.17, 15) is 13.2 Å². The summed E-state index contributed by atoms with van der Waals surface area (Å²) in [5.74, 6) is -0.228. The van der Waals surface area contributed by atoms with Gasteiger partial charge >= 0.3 is 0 Å². The highest BCUT2D eigenvalue weighted by Crippen LogP contribution is 2.28. The molecule has 3 rings (SSSR count). The molecule has 3 aromatic rings. The van der Waals surface area contributed by atoms with Gasteiger partial charge in [-0.2, -0.15) is 0 Å². The Morgan fingerprint density at radius 2 is 1.52 bits per heavy atom. The summed E-state index contributed by atoms with van der Waals surface area (Å²) in [5.41, 5.74) is 3.41. The van der Waals surface area contributed by atoms with Gasteiger partial charge in [-0.1, -0.05) is 67.6 Å². The Kier molecular flexibility index (Phi) is 7.13. The fourth-order valence-electron chi connectivity index (χ4n) is 3.38. The third kappa shape index (κ3) is 5.33. The minimum atomic E-state index is -3.91. The first-order chi connectivity index (χ1) is 14.8. The SMILES string of the molecule is Cc1cccc(N(CC(=O)NC[C@@H](C)c2ccccc2)S(=O)(=O)c2ccccc2)c1C. The van der Waals surface area contributed by atoms with Crippen molar-refractivity contribution < 1.29 is 13.2 Å². The van der Waals surface area contributed by atoms with Crippen molar-refractivity contribution in [2.45, 2.75) is 31.6 Å². The average molecular weight is 437 g/mol. The highest BCUT2D eigenvalue weighted by Gasteiger charge is 2.28. The Morgan fingerprint density at radius 1 is 0.903 bits per heavy atom. The molecule has 0 fully saturated rings. The number of nitrogens with one attached hydrogen (secondary N) is 1. The monoisotopic (exact) mass is 436 g/mol. The van der Waals surface area contributed by atoms with E-state index in [1.165, 1.54) is 4.31 Å². The molecule has 31 heavy (non-hydrogen) atoms. The molecule has 162 valence electrons. The highest BCUT2D eigenvalue weighted by atomic mass is 32.2. The van der Waals surface area contributed by atoms with Crippen LogP contribution < -0.4 is 9.62 Å². The first kappa shape index (κ1) is 22.6. The lowest BCUT2D eigenvalue weighted by Gasteiger charge is -2.26. The zero-order valence-corrected chi connectivity index (χ0v) is 18.9. The van der Waals surface area contributed by atoms with Crippen LogP contribution in [0.3, 0.4) is 0 Å². The molecule has 0 saturated carbocycles. The molecule has 0 bridgehead atoms. The predicted molar refractivity (Wildman–Crippen MR) is 125 cm³/mol. The topological polar surface area (TPSA) is 66.5 Å². The fourth-order valence-corrected chi connectivity index (χ4v) is 4.88. The van der Waals surface area contributed by atoms with Crippen LogP contribution in [0.2, 0.25) is 0 Å². The van der Waals surface area contributed by atoms with Crippen LogP contribution in [0.25, 0.3) is 0 Å². The summed E-state index contributed by atoms with van der Waals surface area (Å²) in [6.45, 7) is 5.96. The molecule has 0 spiro atoms. The number of benzene rings is 3. The quantitative estimate of drug-likeness (QED) is 0.568. The number of anilines is 1. The van der Waals surface area contributed by atoms with Crippen molar-refractivity contribution >= 4 is 21.6 Å². The summed E-state index contributed by atoms with van der Waals surface area (Å²) in [7, 11) is -3.91. The van der Waals surface area contributed by atoms with E-state index in [2.05, 4.69) is 5.32 Å². The lowest BCUT2D eigenvalue weighted by Crippen LogP contribution is -2.42. The van der Waals surface area contributed by atoms with Gasteiger partial charge in [0.2, 0.25) is 5.91 Å². The van der Waals surface area contributed by atoms with Crippen molar-refractivity contribution in [3.05, 3.63) is 95.6 Å². The highest BCUT2D eigenvalue weighted by molar-refractivity contribution is 7.92. The smallest absolute Gasteiger partial charge is 0.264 e. The van der Waals surface area contributed by atoms with Crippen LogP contribution in [0.5, 0.6) is 0 Å². The molecule has 0 saturated heterocycles. The van der Waals surface area contributed by atoms with Gasteiger partial charge in [0.15, 0.2) is 0 Å². The summed E-state index contributed by atoms with van der Waals surface area (Å²) in [6.07, 6.45) is 0. The first-order valence-electron chi connectivity index (χ1n) is 10.3. The summed E-state index contributed by atoms with van der Waals surface area (Å²) in [4.78, 5) is 13.0. The maximum absolute atomic E-state index is 13.4. The maximum Gasteiger partial charge on any atom is 0.264 e. The fraction of sp³-hybridized carbons (Fsp3) is 0.240. The molecule has 3 aromatic carbocycles. The number of nitrogens with zero attached hydrogens (tertiary/aromatic N) is 1. The van der Waals surface area contributed by atoms with Gasteiger partial charge < -0.3 is 5.32 Å². The Bertz CT molecular complexity index is 1130. The molecule has 1 amide bonds. The van der Waals surface area contributed by atoms with Gasteiger partial charge in [-0.15, -0.1) is 0 Å². The van der Waals surface area contributed by atoms with Gasteiger partial charge in [-0.25, -0.2) is 8.42 Å². The van der Waals surface area contributed by atoms with Crippen molar-refractivity contribution in [2.75, 3.05) is 17.4 Å². The second-order valence-electron chi connectivity index (χ2n) is 7.66. The third-order valence-corrected chi connectivity index (χ3v) is 7.21. The number of amides is 1. The van der Waals surface area contributed by atoms with E-state index in [-0.39, 0.29) is 23.3 Å². The number of hydrogen-bond donors (Lipinski definition) is 1. The van der Waals surface area contributed by atoms with E-state index in [0.29, 0.717) is 12.2 Å². The van der Waals surface area contributed by atoms with E-state index < -0.39 is 10.0 Å². The second-order valence-corrected chi connectivity index (χ2v) is 9.52. The zero-order chi connectivity index (χ0) is 22.4. The van der Waals surface area contributed by atoms with Crippen LogP contribution in [0, 0.1) is 13.8 Å². The van der Waals surface area contributed by atoms with Crippen molar-refractivity contribution in [2.24, 2.45) is 0 Å². The predicted octanol–water partition coefficient (Wildman–Crippen LogP) is 4.42. The molecule has 6 heteroatoms. The summed E-state index contributed by atoms with van der Waals surface area (Å²) in [6, 6.07) is 23.6. The molecule has 5 nitrogen and oxygen atoms in total. The molecular weight excluding hydrogens is 408 g/mol. The van der Waals surface area contributed by atoms with Crippen molar-refractivity contribution in [1.29, 1.82) is 0 Å². The summed E-state index contributed by atoms with van der Waals surface area (Å²) in [5, 5.41) is 2.89. The average Bonchev–Trinajstić information content (AvgIpc) is 2.79. The van der Waals surface area contributed by atoms with Gasteiger partial charge in [0.05, 0.1) is 10.6 Å². The molecular formula is C25H28N2O3S. The number of hydrogen-bond acceptors (Lipinski definition) is 3. The molecule has 0 heterocycles. The minimum Gasteiger partial charge on any atom is -0.354 e. The number of sulfonamides is 1. The number of carbonyl (C=O) groups is 1. The van der Waals surface area contributed by atoms with E-state index in [1.807, 2.05) is 57.2 Å². The normalized spacial score (nSPS) is 12.2. The summed E-state index contributed by atoms with van der Waals surface area (Å²) < 4.78 is 28.1. The lowest BCUT2D eigenvalue weighted by atomic mass is 10.0. The largest absolute Gasteiger partial charge is 0.354 e. The zero-order valence-electron chi connectivity index (χ0n) is 18.1. The van der Waals surface area contributed by atoms with E-state index >= 15 is 0 Å². The van der Waals surface area contributed by atoms with Crippen LogP contribution >= 0.6 is 0 Å². The second kappa shape index (κ2) is 9.79. The van der Waals surface area contributed by atoms with Crippen molar-refractivity contribution in [3.8, 4) is 0 Å². The molecule has 1 N–H and O–H groups in total. The van der Waals surface area contributed by atoms with Crippen molar-refractivity contribution in [3.63, 3.8) is 0 Å². The van der Waals surface area contributed by atoms with Crippen LogP contribution in [-0.4, -0.2) is 27.4 Å². The van der Waals surface area contributed by atoms with Crippen LogP contribution in [0.1, 0.15) is 29.5 Å². The van der Waals surface area contributed by atoms with Gasteiger partial charge in [-0.3, -0.25) is 9.10 Å². The van der Waals surface area contributed by atoms with Gasteiger partial charge in [0.1, 0.15) is 6.54 Å². The maximum atomic E-state index is 13.4. The molecule has 1 atom stereocenters. The van der Waals surface area contributed by atoms with Crippen LogP contribution in [-0.2, 0) is 14.8 Å². The standard InChI is InChI=1S/C25H28N2O3S/c1-19-11-10-16-24(21(19)3)27(31(29,30)23-14-8-5-9-15-23)18-25(28)26-17-20(2)22-12-6-4-7-13-22/h4-16,20H,17-18H2,1-3H3,(H,26,28)/t20-/m1/s1. The number of carbonyl (C=O) groups excluding carboxylic acids is 1. The van der Waals surface area contributed by atoms with E-state index in [1.54, 1.807) is 42.5 Å². The van der Waals surface area contributed by atoms with Crippen LogP contribution in [0.4, 0.5) is 5.69 Å². The number of rotatable bonds is 8. The molecule has 0 aliphatic heterocycles. The summed E-state index contributed by atoms with van der Waals surface area (Å²) >= 11 is 0. The first-order valence-corrected chi connectivity index (χ1v) is 11.7. The van der Waals surface area contributed by atoms with Gasteiger partial charge in [-0.05, 0) is 54.7 Å². The van der Waals surface area contributed by atoms with E-state index in [0.717, 1.165) is 16.7 Å².